The third kappa shape index (κ3) is 2.51. The summed E-state index contributed by atoms with van der Waals surface area (Å²) in [7, 11) is 0. The van der Waals surface area contributed by atoms with Crippen molar-refractivity contribution in [3.63, 3.8) is 0 Å². The number of fused-ring (bicyclic) bond motifs is 1. The number of hydrogen-bond donors (Lipinski definition) is 2. The van der Waals surface area contributed by atoms with Crippen LogP contribution in [0.5, 0.6) is 11.5 Å². The average molecular weight is 278 g/mol. The Bertz CT molecular complexity index is 823. The monoisotopic (exact) mass is 278 g/mol. The first kappa shape index (κ1) is 13.0. The Morgan fingerprint density at radius 1 is 0.905 bits per heavy atom. The predicted molar refractivity (Wildman–Crippen MR) is 83.4 cm³/mol. The molecule has 3 aromatic rings. The van der Waals surface area contributed by atoms with Crippen LogP contribution in [-0.2, 0) is 0 Å². The summed E-state index contributed by atoms with van der Waals surface area (Å²) < 4.78 is 5.88. The van der Waals surface area contributed by atoms with Gasteiger partial charge in [-0.15, -0.1) is 0 Å². The number of amides is 1. The van der Waals surface area contributed by atoms with E-state index < -0.39 is 5.91 Å². The summed E-state index contributed by atoms with van der Waals surface area (Å²) in [6.07, 6.45) is 0. The van der Waals surface area contributed by atoms with Crippen LogP contribution < -0.4 is 16.2 Å². The van der Waals surface area contributed by atoms with Gasteiger partial charge in [0, 0.05) is 17.1 Å². The molecular formula is C17H14N2O2. The van der Waals surface area contributed by atoms with Gasteiger partial charge in [-0.2, -0.15) is 0 Å². The average Bonchev–Trinajstić information content (AvgIpc) is 2.47. The lowest BCUT2D eigenvalue weighted by molar-refractivity contribution is 0.0998. The zero-order valence-electron chi connectivity index (χ0n) is 11.2. The van der Waals surface area contributed by atoms with Gasteiger partial charge in [0.2, 0.25) is 0 Å². The summed E-state index contributed by atoms with van der Waals surface area (Å²) in [5, 5.41) is 2.01. The van der Waals surface area contributed by atoms with E-state index >= 15 is 0 Å². The molecule has 0 atom stereocenters. The number of nitrogen functional groups attached to an aromatic ring is 1. The number of carbonyl (C=O) groups excluding carboxylic acids is 1. The van der Waals surface area contributed by atoms with Crippen molar-refractivity contribution >= 4 is 22.4 Å². The summed E-state index contributed by atoms with van der Waals surface area (Å²) in [5.74, 6) is 0.463. The van der Waals surface area contributed by atoms with Crippen LogP contribution in [0.2, 0.25) is 0 Å². The highest BCUT2D eigenvalue weighted by molar-refractivity contribution is 5.96. The van der Waals surface area contributed by atoms with Gasteiger partial charge in [0.05, 0.1) is 5.56 Å². The third-order valence-corrected chi connectivity index (χ3v) is 3.24. The number of nitrogens with two attached hydrogens (primary N) is 2. The fraction of sp³-hybridized carbons (Fsp3) is 0. The molecule has 21 heavy (non-hydrogen) atoms. The van der Waals surface area contributed by atoms with Crippen LogP contribution in [0.1, 0.15) is 10.4 Å². The second-order valence-electron chi connectivity index (χ2n) is 4.70. The Labute approximate surface area is 121 Å². The van der Waals surface area contributed by atoms with Gasteiger partial charge < -0.3 is 16.2 Å². The molecule has 0 aromatic heterocycles. The highest BCUT2D eigenvalue weighted by Gasteiger charge is 2.12. The minimum atomic E-state index is -0.551. The second kappa shape index (κ2) is 5.17. The molecule has 104 valence electrons. The molecule has 0 radical (unpaired) electrons. The first-order valence-electron chi connectivity index (χ1n) is 6.50. The van der Waals surface area contributed by atoms with E-state index in [9.17, 15) is 4.79 Å². The van der Waals surface area contributed by atoms with Gasteiger partial charge in [0.1, 0.15) is 11.5 Å². The molecule has 3 rings (SSSR count). The van der Waals surface area contributed by atoms with Gasteiger partial charge in [-0.05, 0) is 23.6 Å². The molecule has 0 aliphatic heterocycles. The van der Waals surface area contributed by atoms with Crippen molar-refractivity contribution in [3.8, 4) is 11.5 Å². The van der Waals surface area contributed by atoms with E-state index in [2.05, 4.69) is 0 Å². The highest BCUT2D eigenvalue weighted by atomic mass is 16.5. The number of benzene rings is 3. The lowest BCUT2D eigenvalue weighted by Gasteiger charge is -2.12. The van der Waals surface area contributed by atoms with Crippen molar-refractivity contribution in [2.24, 2.45) is 5.73 Å². The van der Waals surface area contributed by atoms with E-state index in [1.54, 1.807) is 18.2 Å². The summed E-state index contributed by atoms with van der Waals surface area (Å²) in [6.45, 7) is 0. The molecule has 0 unspecified atom stereocenters. The van der Waals surface area contributed by atoms with Crippen molar-refractivity contribution in [2.45, 2.75) is 0 Å². The van der Waals surface area contributed by atoms with Gasteiger partial charge in [0.25, 0.3) is 5.91 Å². The van der Waals surface area contributed by atoms with Gasteiger partial charge in [0.15, 0.2) is 0 Å². The van der Waals surface area contributed by atoms with Crippen LogP contribution in [0.25, 0.3) is 10.8 Å². The molecule has 0 bridgehead atoms. The summed E-state index contributed by atoms with van der Waals surface area (Å²) in [4.78, 5) is 11.5. The van der Waals surface area contributed by atoms with Gasteiger partial charge in [-0.25, -0.2) is 0 Å². The maximum Gasteiger partial charge on any atom is 0.252 e. The molecule has 0 aliphatic rings. The molecule has 0 fully saturated rings. The van der Waals surface area contributed by atoms with Crippen LogP contribution in [0.4, 0.5) is 5.69 Å². The fourth-order valence-electron chi connectivity index (χ4n) is 2.23. The third-order valence-electron chi connectivity index (χ3n) is 3.24. The molecule has 1 amide bonds. The number of rotatable bonds is 3. The number of hydrogen-bond acceptors (Lipinski definition) is 3. The van der Waals surface area contributed by atoms with E-state index in [4.69, 9.17) is 16.2 Å². The van der Waals surface area contributed by atoms with Gasteiger partial charge in [-0.3, -0.25) is 4.79 Å². The van der Waals surface area contributed by atoms with E-state index in [-0.39, 0.29) is 0 Å². The zero-order valence-corrected chi connectivity index (χ0v) is 11.2. The first-order chi connectivity index (χ1) is 10.1. The molecule has 4 heteroatoms. The number of anilines is 1. The van der Waals surface area contributed by atoms with Crippen molar-refractivity contribution in [1.82, 2.24) is 0 Å². The van der Waals surface area contributed by atoms with Crippen molar-refractivity contribution < 1.29 is 9.53 Å². The molecule has 0 heterocycles. The minimum Gasteiger partial charge on any atom is -0.456 e. The lowest BCUT2D eigenvalue weighted by Crippen LogP contribution is -2.12. The maximum absolute atomic E-state index is 11.5. The van der Waals surface area contributed by atoms with E-state index in [0.29, 0.717) is 22.7 Å². The normalized spacial score (nSPS) is 10.5. The lowest BCUT2D eigenvalue weighted by atomic mass is 10.1. The predicted octanol–water partition coefficient (Wildman–Crippen LogP) is 3.31. The molecule has 0 spiro atoms. The molecule has 4 nitrogen and oxygen atoms in total. The van der Waals surface area contributed by atoms with Crippen molar-refractivity contribution in [3.05, 3.63) is 66.2 Å². The molecule has 3 aromatic carbocycles. The summed E-state index contributed by atoms with van der Waals surface area (Å²) in [6, 6.07) is 18.4. The Morgan fingerprint density at radius 2 is 1.67 bits per heavy atom. The van der Waals surface area contributed by atoms with Crippen LogP contribution in [0.15, 0.2) is 60.7 Å². The van der Waals surface area contributed by atoms with Crippen molar-refractivity contribution in [1.29, 1.82) is 0 Å². The van der Waals surface area contributed by atoms with Gasteiger partial charge in [-0.1, -0.05) is 36.4 Å². The Hall–Kier alpha value is -3.01. The van der Waals surface area contributed by atoms with E-state index in [0.717, 1.165) is 10.8 Å². The van der Waals surface area contributed by atoms with Crippen LogP contribution >= 0.6 is 0 Å². The molecular weight excluding hydrogens is 264 g/mol. The molecule has 4 N–H and O–H groups in total. The Kier molecular flexibility index (Phi) is 3.20. The van der Waals surface area contributed by atoms with E-state index in [1.807, 2.05) is 42.5 Å². The van der Waals surface area contributed by atoms with Gasteiger partial charge >= 0.3 is 0 Å². The Morgan fingerprint density at radius 3 is 2.48 bits per heavy atom. The topological polar surface area (TPSA) is 78.3 Å². The second-order valence-corrected chi connectivity index (χ2v) is 4.70. The van der Waals surface area contributed by atoms with Crippen LogP contribution in [0, 0.1) is 0 Å². The minimum absolute atomic E-state index is 0.303. The summed E-state index contributed by atoms with van der Waals surface area (Å²) >= 11 is 0. The maximum atomic E-state index is 11.5. The van der Waals surface area contributed by atoms with Crippen LogP contribution in [0.3, 0.4) is 0 Å². The molecule has 0 saturated carbocycles. The number of primary amides is 1. The Balaban J connectivity index is 2.11. The molecule has 0 aliphatic carbocycles. The number of carbonyl (C=O) groups is 1. The quantitative estimate of drug-likeness (QED) is 0.721. The largest absolute Gasteiger partial charge is 0.456 e. The molecule has 0 saturated heterocycles. The van der Waals surface area contributed by atoms with Crippen molar-refractivity contribution in [2.75, 3.05) is 5.73 Å². The smallest absolute Gasteiger partial charge is 0.252 e. The van der Waals surface area contributed by atoms with E-state index in [1.165, 1.54) is 0 Å². The standard InChI is InChI=1S/C17H14N2O2/c18-12-8-9-14(17(19)20)16(10-12)21-15-7-3-5-11-4-1-2-6-13(11)15/h1-10H,18H2,(H2,19,20). The highest BCUT2D eigenvalue weighted by Crippen LogP contribution is 2.32. The summed E-state index contributed by atoms with van der Waals surface area (Å²) in [5.41, 5.74) is 11.9. The zero-order chi connectivity index (χ0) is 14.8. The fourth-order valence-corrected chi connectivity index (χ4v) is 2.23. The first-order valence-corrected chi connectivity index (χ1v) is 6.50. The SMILES string of the molecule is NC(=O)c1ccc(N)cc1Oc1cccc2ccccc12. The van der Waals surface area contributed by atoms with Crippen LogP contribution in [-0.4, -0.2) is 5.91 Å². The number of ether oxygens (including phenoxy) is 1.